The van der Waals surface area contributed by atoms with Gasteiger partial charge in [0.1, 0.15) is 59.6 Å². The van der Waals surface area contributed by atoms with Gasteiger partial charge in [0.05, 0.1) is 45.9 Å². The molecule has 0 bridgehead atoms. The maximum atomic E-state index is 12.4. The van der Waals surface area contributed by atoms with E-state index in [1.54, 1.807) is 45.1 Å². The minimum absolute atomic E-state index is 0.0551. The molecule has 0 saturated heterocycles. The van der Waals surface area contributed by atoms with Gasteiger partial charge in [-0.05, 0) is 92.7 Å². The number of esters is 2. The Morgan fingerprint density at radius 1 is 0.647 bits per heavy atom. The molecular formula is C51H46N4O11S2. The van der Waals surface area contributed by atoms with E-state index >= 15 is 0 Å². The summed E-state index contributed by atoms with van der Waals surface area (Å²) in [5.74, 6) is 1.70. The quantitative estimate of drug-likeness (QED) is 0.0772. The van der Waals surface area contributed by atoms with Crippen LogP contribution in [0, 0.1) is 0 Å². The van der Waals surface area contributed by atoms with E-state index in [2.05, 4.69) is 15.0 Å². The third kappa shape index (κ3) is 12.3. The summed E-state index contributed by atoms with van der Waals surface area (Å²) < 4.78 is 33.0. The average Bonchev–Trinajstić information content (AvgIpc) is 3.99. The van der Waals surface area contributed by atoms with Gasteiger partial charge in [-0.3, -0.25) is 9.69 Å². The Morgan fingerprint density at radius 2 is 1.21 bits per heavy atom. The Morgan fingerprint density at radius 3 is 1.75 bits per heavy atom. The molecule has 0 aliphatic rings. The van der Waals surface area contributed by atoms with E-state index in [1.165, 1.54) is 17.5 Å². The number of nitrogens with zero attached hydrogens (tertiary/aromatic N) is 4. The second kappa shape index (κ2) is 23.0. The number of carbonyl (C=O) groups is 3. The van der Waals surface area contributed by atoms with Crippen LogP contribution in [0.3, 0.4) is 0 Å². The van der Waals surface area contributed by atoms with Crippen molar-refractivity contribution in [2.24, 2.45) is 0 Å². The Kier molecular flexibility index (Phi) is 16.3. The summed E-state index contributed by atoms with van der Waals surface area (Å²) in [4.78, 5) is 51.6. The molecule has 8 rings (SSSR count). The zero-order valence-electron chi connectivity index (χ0n) is 37.4. The maximum absolute atomic E-state index is 12.4. The van der Waals surface area contributed by atoms with E-state index in [4.69, 9.17) is 28.4 Å². The first-order valence-corrected chi connectivity index (χ1v) is 22.8. The molecule has 15 nitrogen and oxygen atoms in total. The molecular weight excluding hydrogens is 909 g/mol. The first-order valence-electron chi connectivity index (χ1n) is 21.2. The molecule has 2 N–H and O–H groups in total. The maximum Gasteiger partial charge on any atom is 0.360 e. The Labute approximate surface area is 399 Å². The second-order valence-corrected chi connectivity index (χ2v) is 16.5. The van der Waals surface area contributed by atoms with E-state index in [-0.39, 0.29) is 42.6 Å². The van der Waals surface area contributed by atoms with Gasteiger partial charge in [-0.15, -0.1) is 22.7 Å². The monoisotopic (exact) mass is 954 g/mol. The van der Waals surface area contributed by atoms with Crippen molar-refractivity contribution in [2.75, 3.05) is 34.0 Å². The van der Waals surface area contributed by atoms with E-state index < -0.39 is 17.9 Å². The van der Waals surface area contributed by atoms with Crippen LogP contribution in [-0.4, -0.2) is 82.0 Å². The van der Waals surface area contributed by atoms with Crippen molar-refractivity contribution in [1.29, 1.82) is 0 Å². The lowest BCUT2D eigenvalue weighted by molar-refractivity contribution is -0.144. The highest BCUT2D eigenvalue weighted by Gasteiger charge is 2.24. The number of benzene rings is 5. The predicted molar refractivity (Wildman–Crippen MR) is 258 cm³/mol. The Balaban J connectivity index is 0.000000214. The zero-order valence-corrected chi connectivity index (χ0v) is 39.0. The number of aromatic nitrogens is 3. The number of rotatable bonds is 18. The molecule has 0 fully saturated rings. The number of hydrogen-bond acceptors (Lipinski definition) is 16. The molecule has 0 saturated carbocycles. The van der Waals surface area contributed by atoms with Crippen molar-refractivity contribution in [2.45, 2.75) is 26.9 Å². The SMILES string of the molecule is CCOC(=O)CN(Cc1ccc(OC)cc1OC)Cc1nc(-c2ccc(Oc3ccccc3)cc2)sc1C(=O)O.CCOC(=O)c1ncc2nc(-c3ccc(Oc4ccccc4)cc3)sc2c1O. The first kappa shape index (κ1) is 48.1. The predicted octanol–water partition coefficient (Wildman–Crippen LogP) is 10.9. The molecule has 8 aromatic rings. The van der Waals surface area contributed by atoms with Crippen molar-refractivity contribution in [3.05, 3.63) is 155 Å². The second-order valence-electron chi connectivity index (χ2n) is 14.5. The number of thiazole rings is 2. The van der Waals surface area contributed by atoms with Gasteiger partial charge in [0.25, 0.3) is 0 Å². The van der Waals surface area contributed by atoms with Crippen molar-refractivity contribution >= 4 is 50.8 Å². The van der Waals surface area contributed by atoms with Gasteiger partial charge >= 0.3 is 17.9 Å². The smallest absolute Gasteiger partial charge is 0.360 e. The zero-order chi connectivity index (χ0) is 48.0. The number of aromatic hydroxyl groups is 1. The summed E-state index contributed by atoms with van der Waals surface area (Å²) in [6.45, 7) is 4.24. The summed E-state index contributed by atoms with van der Waals surface area (Å²) in [6, 6.07) is 39.2. The summed E-state index contributed by atoms with van der Waals surface area (Å²) in [6.07, 6.45) is 1.47. The van der Waals surface area contributed by atoms with Crippen LogP contribution in [0.2, 0.25) is 0 Å². The number of carbonyl (C=O) groups excluding carboxylic acids is 2. The van der Waals surface area contributed by atoms with Gasteiger partial charge in [-0.1, -0.05) is 42.5 Å². The number of fused-ring (bicyclic) bond motifs is 1. The first-order chi connectivity index (χ1) is 33.0. The molecule has 3 heterocycles. The highest BCUT2D eigenvalue weighted by molar-refractivity contribution is 7.22. The largest absolute Gasteiger partial charge is 0.504 e. The summed E-state index contributed by atoms with van der Waals surface area (Å²) >= 11 is 2.37. The molecule has 0 atom stereocenters. The molecule has 348 valence electrons. The Bertz CT molecular complexity index is 2960. The fourth-order valence-electron chi connectivity index (χ4n) is 6.68. The van der Waals surface area contributed by atoms with Gasteiger partial charge in [-0.25, -0.2) is 24.5 Å². The Hall–Kier alpha value is -7.86. The van der Waals surface area contributed by atoms with Crippen molar-refractivity contribution in [3.63, 3.8) is 0 Å². The van der Waals surface area contributed by atoms with Crippen LogP contribution in [-0.2, 0) is 27.4 Å². The number of carboxylic acid groups (broad SMARTS) is 1. The molecule has 68 heavy (non-hydrogen) atoms. The lowest BCUT2D eigenvalue weighted by Gasteiger charge is -2.22. The third-order valence-electron chi connectivity index (χ3n) is 9.85. The summed E-state index contributed by atoms with van der Waals surface area (Å²) in [7, 11) is 3.12. The lowest BCUT2D eigenvalue weighted by Crippen LogP contribution is -2.31. The van der Waals surface area contributed by atoms with Gasteiger partial charge in [0, 0.05) is 35.8 Å². The highest BCUT2D eigenvalue weighted by Crippen LogP contribution is 2.38. The van der Waals surface area contributed by atoms with Gasteiger partial charge in [0.2, 0.25) is 0 Å². The van der Waals surface area contributed by atoms with E-state index in [0.717, 1.165) is 39.5 Å². The van der Waals surface area contributed by atoms with Crippen LogP contribution in [0.4, 0.5) is 0 Å². The molecule has 0 amide bonds. The van der Waals surface area contributed by atoms with Crippen molar-refractivity contribution < 1.29 is 53.0 Å². The fraction of sp³-hybridized carbons (Fsp3) is 0.176. The van der Waals surface area contributed by atoms with E-state index in [0.29, 0.717) is 55.5 Å². The number of methoxy groups -OCH3 is 2. The summed E-state index contributed by atoms with van der Waals surface area (Å²) in [5, 5.41) is 21.6. The van der Waals surface area contributed by atoms with E-state index in [1.807, 2.05) is 115 Å². The van der Waals surface area contributed by atoms with Crippen LogP contribution in [0.25, 0.3) is 31.4 Å². The minimum atomic E-state index is -1.08. The minimum Gasteiger partial charge on any atom is -0.504 e. The average molecular weight is 955 g/mol. The standard InChI is InChI=1S/C30H30N2O7S.C21H16N2O4S/c1-4-38-27(33)19-32(17-21-12-15-24(36-2)16-26(21)37-3)18-25-28(30(34)35)40-29(31-25)20-10-13-23(14-11-20)39-22-8-6-5-7-9-22;1-2-26-21(25)17-18(24)19-16(12-22-17)23-20(28-19)13-8-10-15(11-9-13)27-14-6-4-3-5-7-14/h5-16H,4,17-19H2,1-3H3,(H,34,35);3-12,24H,2H2,1H3. The van der Waals surface area contributed by atoms with Crippen molar-refractivity contribution in [3.8, 4) is 61.4 Å². The van der Waals surface area contributed by atoms with Gasteiger partial charge < -0.3 is 38.6 Å². The molecule has 0 spiro atoms. The topological polar surface area (TPSA) is 189 Å². The third-order valence-corrected chi connectivity index (χ3v) is 12.1. The van der Waals surface area contributed by atoms with Gasteiger partial charge in [-0.2, -0.15) is 0 Å². The molecule has 5 aromatic carbocycles. The van der Waals surface area contributed by atoms with Crippen LogP contribution in [0.5, 0.6) is 40.2 Å². The number of para-hydroxylation sites is 2. The molecule has 0 radical (unpaired) electrons. The van der Waals surface area contributed by atoms with Crippen LogP contribution in [0.1, 0.15) is 45.3 Å². The van der Waals surface area contributed by atoms with Crippen LogP contribution in [0.15, 0.2) is 134 Å². The molecule has 0 aliphatic heterocycles. The molecule has 3 aromatic heterocycles. The normalized spacial score (nSPS) is 10.8. The fourth-order valence-corrected chi connectivity index (χ4v) is 8.58. The highest BCUT2D eigenvalue weighted by atomic mass is 32.1. The number of carboxylic acids is 1. The number of pyridine rings is 1. The van der Waals surface area contributed by atoms with Gasteiger partial charge in [0.15, 0.2) is 11.4 Å². The lowest BCUT2D eigenvalue weighted by atomic mass is 10.1. The number of hydrogen-bond donors (Lipinski definition) is 2. The molecule has 0 aliphatic carbocycles. The number of ether oxygens (including phenoxy) is 6. The summed E-state index contributed by atoms with van der Waals surface area (Å²) in [5.41, 5.74) is 3.21. The van der Waals surface area contributed by atoms with Crippen LogP contribution >= 0.6 is 22.7 Å². The molecule has 0 unspecified atom stereocenters. The van der Waals surface area contributed by atoms with Crippen molar-refractivity contribution in [1.82, 2.24) is 19.9 Å². The van der Waals surface area contributed by atoms with E-state index in [9.17, 15) is 24.6 Å². The number of aromatic carboxylic acids is 1. The van der Waals surface area contributed by atoms with Crippen LogP contribution < -0.4 is 18.9 Å². The molecule has 17 heteroatoms.